The topological polar surface area (TPSA) is 45.7 Å². The first-order valence-electron chi connectivity index (χ1n) is 7.48. The molecule has 0 radical (unpaired) electrons. The van der Waals surface area contributed by atoms with Crippen LogP contribution in [0.15, 0.2) is 42.6 Å². The van der Waals surface area contributed by atoms with Gasteiger partial charge in [-0.1, -0.05) is 0 Å². The maximum Gasteiger partial charge on any atom is 0.258 e. The number of benzene rings is 1. The fourth-order valence-electron chi connectivity index (χ4n) is 2.68. The zero-order valence-corrected chi connectivity index (χ0v) is 12.9. The lowest BCUT2D eigenvalue weighted by molar-refractivity contribution is 0.0741. The van der Waals surface area contributed by atoms with Gasteiger partial charge in [0.15, 0.2) is 0 Å². The van der Waals surface area contributed by atoms with E-state index in [-0.39, 0.29) is 11.5 Å². The summed E-state index contributed by atoms with van der Waals surface area (Å²) in [5.41, 5.74) is 1.12. The summed E-state index contributed by atoms with van der Waals surface area (Å²) in [6, 6.07) is 10.9. The highest BCUT2D eigenvalue weighted by molar-refractivity contribution is 5.94. The molecule has 0 unspecified atom stereocenters. The summed E-state index contributed by atoms with van der Waals surface area (Å²) in [7, 11) is 1.64. The molecule has 0 N–H and O–H groups in total. The number of ether oxygens (including phenoxy) is 1. The van der Waals surface area contributed by atoms with Crippen molar-refractivity contribution in [3.8, 4) is 5.75 Å². The highest BCUT2D eigenvalue weighted by Gasteiger charge is 2.24. The van der Waals surface area contributed by atoms with E-state index in [9.17, 15) is 9.18 Å². The number of hydrogen-bond donors (Lipinski definition) is 0. The van der Waals surface area contributed by atoms with Crippen molar-refractivity contribution in [2.75, 3.05) is 38.2 Å². The molecule has 2 heterocycles. The Hall–Kier alpha value is -2.63. The Morgan fingerprint density at radius 3 is 2.43 bits per heavy atom. The highest BCUT2D eigenvalue weighted by Crippen LogP contribution is 2.21. The normalized spacial score (nSPS) is 14.7. The molecule has 0 bridgehead atoms. The Labute approximate surface area is 134 Å². The SMILES string of the molecule is COc1ccc(N2CCN(C(=O)c3cccnc3F)CC2)cc1. The summed E-state index contributed by atoms with van der Waals surface area (Å²) < 4.78 is 18.8. The zero-order chi connectivity index (χ0) is 16.2. The molecule has 1 fully saturated rings. The van der Waals surface area contributed by atoms with Crippen LogP contribution in [-0.4, -0.2) is 49.1 Å². The number of hydrogen-bond acceptors (Lipinski definition) is 4. The van der Waals surface area contributed by atoms with Crippen molar-refractivity contribution in [3.63, 3.8) is 0 Å². The van der Waals surface area contributed by atoms with Crippen LogP contribution in [0, 0.1) is 5.95 Å². The van der Waals surface area contributed by atoms with Crippen molar-refractivity contribution in [2.24, 2.45) is 0 Å². The van der Waals surface area contributed by atoms with Gasteiger partial charge in [-0.2, -0.15) is 4.39 Å². The maximum atomic E-state index is 13.6. The molecular weight excluding hydrogens is 297 g/mol. The van der Waals surface area contributed by atoms with Gasteiger partial charge < -0.3 is 14.5 Å². The first-order valence-corrected chi connectivity index (χ1v) is 7.48. The summed E-state index contributed by atoms with van der Waals surface area (Å²) in [6.07, 6.45) is 1.34. The molecular formula is C17H18FN3O2. The second-order valence-corrected chi connectivity index (χ2v) is 5.32. The van der Waals surface area contributed by atoms with Gasteiger partial charge in [0.2, 0.25) is 5.95 Å². The molecule has 3 rings (SSSR count). The van der Waals surface area contributed by atoms with Crippen LogP contribution in [-0.2, 0) is 0 Å². The zero-order valence-electron chi connectivity index (χ0n) is 12.9. The van der Waals surface area contributed by atoms with Gasteiger partial charge in [0.05, 0.1) is 12.7 Å². The molecule has 1 aromatic carbocycles. The minimum absolute atomic E-state index is 0.0328. The van der Waals surface area contributed by atoms with Crippen LogP contribution >= 0.6 is 0 Å². The minimum Gasteiger partial charge on any atom is -0.497 e. The van der Waals surface area contributed by atoms with Crippen molar-refractivity contribution in [2.45, 2.75) is 0 Å². The molecule has 1 aliphatic rings. The number of piperazine rings is 1. The van der Waals surface area contributed by atoms with Crippen LogP contribution in [0.1, 0.15) is 10.4 Å². The second-order valence-electron chi connectivity index (χ2n) is 5.32. The van der Waals surface area contributed by atoms with E-state index in [1.165, 1.54) is 12.3 Å². The highest BCUT2D eigenvalue weighted by atomic mass is 19.1. The number of methoxy groups -OCH3 is 1. The van der Waals surface area contributed by atoms with Crippen LogP contribution in [0.3, 0.4) is 0 Å². The average molecular weight is 315 g/mol. The molecule has 0 spiro atoms. The molecule has 1 amide bonds. The smallest absolute Gasteiger partial charge is 0.258 e. The Kier molecular flexibility index (Phi) is 4.41. The Bertz CT molecular complexity index is 682. The quantitative estimate of drug-likeness (QED) is 0.815. The molecule has 2 aromatic rings. The number of rotatable bonds is 3. The van der Waals surface area contributed by atoms with Crippen LogP contribution in [0.4, 0.5) is 10.1 Å². The minimum atomic E-state index is -0.713. The van der Waals surface area contributed by atoms with E-state index in [1.807, 2.05) is 24.3 Å². The van der Waals surface area contributed by atoms with E-state index < -0.39 is 5.95 Å². The average Bonchev–Trinajstić information content (AvgIpc) is 2.62. The summed E-state index contributed by atoms with van der Waals surface area (Å²) in [5, 5.41) is 0. The second kappa shape index (κ2) is 6.64. The van der Waals surface area contributed by atoms with E-state index in [1.54, 1.807) is 18.1 Å². The number of nitrogens with zero attached hydrogens (tertiary/aromatic N) is 3. The Balaban J connectivity index is 1.64. The van der Waals surface area contributed by atoms with E-state index in [2.05, 4.69) is 9.88 Å². The number of halogens is 1. The van der Waals surface area contributed by atoms with Crippen molar-refractivity contribution < 1.29 is 13.9 Å². The molecule has 120 valence electrons. The Morgan fingerprint density at radius 1 is 1.13 bits per heavy atom. The van der Waals surface area contributed by atoms with Gasteiger partial charge in [-0.05, 0) is 36.4 Å². The monoisotopic (exact) mass is 315 g/mol. The number of anilines is 1. The fraction of sp³-hybridized carbons (Fsp3) is 0.294. The lowest BCUT2D eigenvalue weighted by atomic mass is 10.2. The summed E-state index contributed by atoms with van der Waals surface area (Å²) in [4.78, 5) is 19.8. The first-order chi connectivity index (χ1) is 11.2. The van der Waals surface area contributed by atoms with Crippen LogP contribution in [0.5, 0.6) is 5.75 Å². The van der Waals surface area contributed by atoms with Crippen LogP contribution in [0.25, 0.3) is 0 Å². The van der Waals surface area contributed by atoms with Crippen molar-refractivity contribution in [1.29, 1.82) is 0 Å². The van der Waals surface area contributed by atoms with E-state index >= 15 is 0 Å². The lowest BCUT2D eigenvalue weighted by Crippen LogP contribution is -2.49. The number of aromatic nitrogens is 1. The Morgan fingerprint density at radius 2 is 1.83 bits per heavy atom. The van der Waals surface area contributed by atoms with Crippen molar-refractivity contribution in [1.82, 2.24) is 9.88 Å². The number of amides is 1. The number of pyridine rings is 1. The van der Waals surface area contributed by atoms with Gasteiger partial charge in [-0.3, -0.25) is 4.79 Å². The number of carbonyl (C=O) groups is 1. The summed E-state index contributed by atoms with van der Waals surface area (Å²) in [5.74, 6) is -0.199. The van der Waals surface area contributed by atoms with Gasteiger partial charge in [0.1, 0.15) is 5.75 Å². The molecule has 0 saturated carbocycles. The molecule has 1 aliphatic heterocycles. The van der Waals surface area contributed by atoms with Crippen molar-refractivity contribution >= 4 is 11.6 Å². The van der Waals surface area contributed by atoms with Gasteiger partial charge in [0, 0.05) is 38.1 Å². The lowest BCUT2D eigenvalue weighted by Gasteiger charge is -2.36. The molecule has 0 aliphatic carbocycles. The van der Waals surface area contributed by atoms with Gasteiger partial charge in [-0.25, -0.2) is 4.98 Å². The predicted molar refractivity (Wildman–Crippen MR) is 85.3 cm³/mol. The van der Waals surface area contributed by atoms with E-state index in [4.69, 9.17) is 4.74 Å². The van der Waals surface area contributed by atoms with Crippen molar-refractivity contribution in [3.05, 3.63) is 54.1 Å². The van der Waals surface area contributed by atoms with Gasteiger partial charge in [-0.15, -0.1) is 0 Å². The maximum absolute atomic E-state index is 13.6. The fourth-order valence-corrected chi connectivity index (χ4v) is 2.68. The third-order valence-corrected chi connectivity index (χ3v) is 3.99. The largest absolute Gasteiger partial charge is 0.497 e. The molecule has 1 aromatic heterocycles. The third-order valence-electron chi connectivity index (χ3n) is 3.99. The molecule has 5 nitrogen and oxygen atoms in total. The molecule has 0 atom stereocenters. The summed E-state index contributed by atoms with van der Waals surface area (Å²) >= 11 is 0. The van der Waals surface area contributed by atoms with E-state index in [0.717, 1.165) is 11.4 Å². The predicted octanol–water partition coefficient (Wildman–Crippen LogP) is 2.19. The molecule has 23 heavy (non-hydrogen) atoms. The third kappa shape index (κ3) is 3.26. The standard InChI is InChI=1S/C17H18FN3O2/c1-23-14-6-4-13(5-7-14)20-9-11-21(12-10-20)17(22)15-3-2-8-19-16(15)18/h2-8H,9-12H2,1H3. The number of carbonyl (C=O) groups excluding carboxylic acids is 1. The van der Waals surface area contributed by atoms with Crippen LogP contribution in [0.2, 0.25) is 0 Å². The molecule has 1 saturated heterocycles. The van der Waals surface area contributed by atoms with Gasteiger partial charge >= 0.3 is 0 Å². The molecule has 6 heteroatoms. The summed E-state index contributed by atoms with van der Waals surface area (Å²) in [6.45, 7) is 2.53. The van der Waals surface area contributed by atoms with E-state index in [0.29, 0.717) is 26.2 Å². The first kappa shape index (κ1) is 15.3. The van der Waals surface area contributed by atoms with Gasteiger partial charge in [0.25, 0.3) is 5.91 Å². The van der Waals surface area contributed by atoms with Crippen LogP contribution < -0.4 is 9.64 Å².